The average molecular weight is 315 g/mol. The van der Waals surface area contributed by atoms with E-state index in [1.54, 1.807) is 0 Å². The Morgan fingerprint density at radius 3 is 1.77 bits per heavy atom. The van der Waals surface area contributed by atoms with E-state index in [4.69, 9.17) is 4.74 Å². The Bertz CT molecular complexity index is 202. The number of unbranched alkanes of at least 4 members (excludes halogenated alkanes) is 8. The number of hydrogen-bond acceptors (Lipinski definition) is 2. The molecular weight excluding hydrogens is 272 g/mol. The highest BCUT2D eigenvalue weighted by Crippen LogP contribution is 2.18. The molecule has 2 unspecified atom stereocenters. The van der Waals surface area contributed by atoms with Crippen molar-refractivity contribution in [2.24, 2.45) is 11.8 Å². The van der Waals surface area contributed by atoms with E-state index >= 15 is 0 Å². The molecule has 0 radical (unpaired) electrons. The Labute approximate surface area is 140 Å². The number of ether oxygens (including phenoxy) is 1. The predicted molar refractivity (Wildman–Crippen MR) is 97.3 cm³/mol. The molecule has 2 atom stereocenters. The van der Waals surface area contributed by atoms with E-state index in [-0.39, 0.29) is 0 Å². The van der Waals surface area contributed by atoms with E-state index in [1.165, 1.54) is 57.8 Å². The van der Waals surface area contributed by atoms with Crippen LogP contribution in [-0.2, 0) is 4.74 Å². The fraction of sp³-hybridized carbons (Fsp3) is 1.00. The molecule has 134 valence electrons. The number of aliphatic hydroxyl groups excluding tert-OH is 1. The molecule has 0 aliphatic carbocycles. The number of rotatable bonds is 17. The van der Waals surface area contributed by atoms with Crippen molar-refractivity contribution in [1.29, 1.82) is 0 Å². The molecule has 0 spiro atoms. The lowest BCUT2D eigenvalue weighted by Crippen LogP contribution is -2.16. The minimum absolute atomic E-state index is 0.325. The summed E-state index contributed by atoms with van der Waals surface area (Å²) in [7, 11) is 0. The Hall–Kier alpha value is -0.0800. The monoisotopic (exact) mass is 314 g/mol. The Kier molecular flexibility index (Phi) is 17.2. The summed E-state index contributed by atoms with van der Waals surface area (Å²) in [5.74, 6) is 1.08. The summed E-state index contributed by atoms with van der Waals surface area (Å²) in [4.78, 5) is 0. The first-order chi connectivity index (χ1) is 10.8. The largest absolute Gasteiger partial charge is 0.396 e. The molecule has 1 N–H and O–H groups in total. The summed E-state index contributed by atoms with van der Waals surface area (Å²) in [6.07, 6.45) is 15.6. The van der Waals surface area contributed by atoms with Crippen molar-refractivity contribution in [3.8, 4) is 0 Å². The standard InChI is InChI=1S/C20H42O2/c1-4-7-8-9-10-11-12-13-14-15-22-18-20(6-3)16-19(5-2)17-21/h19-21H,4-18H2,1-3H3. The molecule has 0 aromatic heterocycles. The Morgan fingerprint density at radius 2 is 1.27 bits per heavy atom. The first-order valence-corrected chi connectivity index (χ1v) is 9.96. The Morgan fingerprint density at radius 1 is 0.727 bits per heavy atom. The third kappa shape index (κ3) is 13.6. The molecule has 2 heteroatoms. The molecule has 0 fully saturated rings. The van der Waals surface area contributed by atoms with Gasteiger partial charge in [0, 0.05) is 19.8 Å². The molecule has 0 aromatic carbocycles. The SMILES string of the molecule is CCCCCCCCCCCOCC(CC)CC(CC)CO. The summed E-state index contributed by atoms with van der Waals surface area (Å²) in [6, 6.07) is 0. The van der Waals surface area contributed by atoms with E-state index in [9.17, 15) is 5.11 Å². The van der Waals surface area contributed by atoms with Gasteiger partial charge in [-0.05, 0) is 24.7 Å². The fourth-order valence-electron chi connectivity index (χ4n) is 2.96. The molecule has 2 nitrogen and oxygen atoms in total. The second-order valence-corrected chi connectivity index (χ2v) is 6.87. The van der Waals surface area contributed by atoms with Crippen LogP contribution in [0.2, 0.25) is 0 Å². The summed E-state index contributed by atoms with van der Waals surface area (Å²) >= 11 is 0. The zero-order valence-electron chi connectivity index (χ0n) is 15.6. The molecule has 0 aromatic rings. The molecule has 0 saturated carbocycles. The van der Waals surface area contributed by atoms with Crippen molar-refractivity contribution in [2.75, 3.05) is 19.8 Å². The molecule has 0 heterocycles. The molecule has 0 bridgehead atoms. The predicted octanol–water partition coefficient (Wildman–Crippen LogP) is 5.97. The van der Waals surface area contributed by atoms with Crippen LogP contribution in [0, 0.1) is 11.8 Å². The lowest BCUT2D eigenvalue weighted by atomic mass is 9.92. The second-order valence-electron chi connectivity index (χ2n) is 6.87. The van der Waals surface area contributed by atoms with Gasteiger partial charge >= 0.3 is 0 Å². The van der Waals surface area contributed by atoms with Gasteiger partial charge in [-0.1, -0.05) is 85.0 Å². The summed E-state index contributed by atoms with van der Waals surface area (Å²) in [5, 5.41) is 9.29. The van der Waals surface area contributed by atoms with Crippen LogP contribution in [0.25, 0.3) is 0 Å². The lowest BCUT2D eigenvalue weighted by molar-refractivity contribution is 0.0783. The molecule has 0 aliphatic rings. The van der Waals surface area contributed by atoms with Crippen molar-refractivity contribution in [3.05, 3.63) is 0 Å². The van der Waals surface area contributed by atoms with E-state index < -0.39 is 0 Å². The van der Waals surface area contributed by atoms with Crippen molar-refractivity contribution < 1.29 is 9.84 Å². The molecule has 0 amide bonds. The van der Waals surface area contributed by atoms with Crippen LogP contribution in [0.4, 0.5) is 0 Å². The molecule has 0 rings (SSSR count). The van der Waals surface area contributed by atoms with Crippen molar-refractivity contribution in [2.45, 2.75) is 97.8 Å². The number of hydrogen-bond donors (Lipinski definition) is 1. The quantitative estimate of drug-likeness (QED) is 0.335. The van der Waals surface area contributed by atoms with Gasteiger partial charge in [-0.15, -0.1) is 0 Å². The van der Waals surface area contributed by atoms with E-state index in [0.29, 0.717) is 18.4 Å². The zero-order chi connectivity index (χ0) is 16.5. The third-order valence-electron chi connectivity index (χ3n) is 4.83. The van der Waals surface area contributed by atoms with Crippen molar-refractivity contribution >= 4 is 0 Å². The summed E-state index contributed by atoms with van der Waals surface area (Å²) in [5.41, 5.74) is 0. The third-order valence-corrected chi connectivity index (χ3v) is 4.83. The molecule has 0 aliphatic heterocycles. The van der Waals surface area contributed by atoms with E-state index in [0.717, 1.165) is 32.5 Å². The van der Waals surface area contributed by atoms with Gasteiger partial charge in [0.05, 0.1) is 0 Å². The van der Waals surface area contributed by atoms with Crippen LogP contribution in [-0.4, -0.2) is 24.9 Å². The maximum absolute atomic E-state index is 9.29. The van der Waals surface area contributed by atoms with Crippen LogP contribution in [0.1, 0.15) is 97.8 Å². The van der Waals surface area contributed by atoms with Crippen LogP contribution in [0.15, 0.2) is 0 Å². The van der Waals surface area contributed by atoms with Gasteiger partial charge in [0.15, 0.2) is 0 Å². The zero-order valence-corrected chi connectivity index (χ0v) is 15.6. The Balaban J connectivity index is 3.36. The summed E-state index contributed by atoms with van der Waals surface area (Å²) in [6.45, 7) is 8.79. The van der Waals surface area contributed by atoms with Gasteiger partial charge in [-0.2, -0.15) is 0 Å². The van der Waals surface area contributed by atoms with Gasteiger partial charge in [0.2, 0.25) is 0 Å². The lowest BCUT2D eigenvalue weighted by Gasteiger charge is -2.20. The molecular formula is C20H42O2. The highest BCUT2D eigenvalue weighted by molar-refractivity contribution is 4.63. The maximum atomic E-state index is 9.29. The minimum atomic E-state index is 0.325. The van der Waals surface area contributed by atoms with Gasteiger partial charge in [0.25, 0.3) is 0 Å². The second kappa shape index (κ2) is 17.3. The highest BCUT2D eigenvalue weighted by Gasteiger charge is 2.13. The van der Waals surface area contributed by atoms with Crippen molar-refractivity contribution in [3.63, 3.8) is 0 Å². The van der Waals surface area contributed by atoms with Crippen LogP contribution >= 0.6 is 0 Å². The minimum Gasteiger partial charge on any atom is -0.396 e. The van der Waals surface area contributed by atoms with E-state index in [2.05, 4.69) is 20.8 Å². The fourth-order valence-corrected chi connectivity index (χ4v) is 2.96. The van der Waals surface area contributed by atoms with Gasteiger partial charge < -0.3 is 9.84 Å². The van der Waals surface area contributed by atoms with Gasteiger partial charge in [0.1, 0.15) is 0 Å². The molecule has 22 heavy (non-hydrogen) atoms. The van der Waals surface area contributed by atoms with Crippen LogP contribution < -0.4 is 0 Å². The highest BCUT2D eigenvalue weighted by atomic mass is 16.5. The average Bonchev–Trinajstić information content (AvgIpc) is 2.55. The number of aliphatic hydroxyl groups is 1. The van der Waals surface area contributed by atoms with Crippen LogP contribution in [0.3, 0.4) is 0 Å². The first kappa shape index (κ1) is 21.9. The van der Waals surface area contributed by atoms with Crippen LogP contribution in [0.5, 0.6) is 0 Å². The maximum Gasteiger partial charge on any atom is 0.0494 e. The molecule has 0 saturated heterocycles. The summed E-state index contributed by atoms with van der Waals surface area (Å²) < 4.78 is 5.85. The van der Waals surface area contributed by atoms with Gasteiger partial charge in [-0.3, -0.25) is 0 Å². The smallest absolute Gasteiger partial charge is 0.0494 e. The van der Waals surface area contributed by atoms with E-state index in [1.807, 2.05) is 0 Å². The first-order valence-electron chi connectivity index (χ1n) is 9.96. The normalized spacial score (nSPS) is 14.2. The van der Waals surface area contributed by atoms with Crippen molar-refractivity contribution in [1.82, 2.24) is 0 Å². The van der Waals surface area contributed by atoms with Gasteiger partial charge in [-0.25, -0.2) is 0 Å². The topological polar surface area (TPSA) is 29.5 Å².